The van der Waals surface area contributed by atoms with Gasteiger partial charge in [0.1, 0.15) is 15.4 Å². The van der Waals surface area contributed by atoms with Gasteiger partial charge in [0.05, 0.1) is 12.8 Å². The van der Waals surface area contributed by atoms with E-state index in [1.165, 1.54) is 18.4 Å². The van der Waals surface area contributed by atoms with Gasteiger partial charge in [0.25, 0.3) is 5.91 Å². The van der Waals surface area contributed by atoms with Crippen molar-refractivity contribution in [2.75, 3.05) is 7.11 Å². The second-order valence-electron chi connectivity index (χ2n) is 6.39. The minimum atomic E-state index is -0.909. The van der Waals surface area contributed by atoms with E-state index in [9.17, 15) is 9.59 Å². The predicted molar refractivity (Wildman–Crippen MR) is 97.6 cm³/mol. The van der Waals surface area contributed by atoms with Crippen LogP contribution in [-0.4, -0.2) is 29.5 Å². The van der Waals surface area contributed by atoms with Crippen LogP contribution in [0.5, 0.6) is 0 Å². The molecular weight excluding hydrogens is 336 g/mol. The van der Waals surface area contributed by atoms with Crippen molar-refractivity contribution < 1.29 is 14.3 Å². The molecule has 6 heteroatoms. The van der Waals surface area contributed by atoms with Crippen molar-refractivity contribution in [2.24, 2.45) is 0 Å². The number of amides is 1. The maximum Gasteiger partial charge on any atom is 0.331 e. The van der Waals surface area contributed by atoms with E-state index in [0.29, 0.717) is 23.4 Å². The van der Waals surface area contributed by atoms with Gasteiger partial charge >= 0.3 is 5.97 Å². The number of nitrogens with one attached hydrogen (secondary N) is 1. The number of aryl methyl sites for hydroxylation is 1. The third kappa shape index (κ3) is 3.58. The molecule has 0 atom stereocenters. The molecule has 1 aliphatic rings. The first-order valence-electron chi connectivity index (χ1n) is 8.49. The fraction of sp³-hybridized carbons (Fsp3) is 0.421. The van der Waals surface area contributed by atoms with Crippen LogP contribution in [0.4, 0.5) is 0 Å². The lowest BCUT2D eigenvalue weighted by Gasteiger charge is -2.35. The zero-order valence-electron chi connectivity index (χ0n) is 14.5. The molecule has 0 aliphatic heterocycles. The lowest BCUT2D eigenvalue weighted by molar-refractivity contribution is -0.149. The van der Waals surface area contributed by atoms with Gasteiger partial charge in [-0.2, -0.15) is 0 Å². The molecule has 1 saturated carbocycles. The van der Waals surface area contributed by atoms with Crippen molar-refractivity contribution in [3.05, 3.63) is 40.9 Å². The summed E-state index contributed by atoms with van der Waals surface area (Å²) < 4.78 is 4.97. The minimum Gasteiger partial charge on any atom is -0.467 e. The number of hydrogen-bond donors (Lipinski definition) is 1. The Morgan fingerprint density at radius 3 is 2.48 bits per heavy atom. The lowest BCUT2D eigenvalue weighted by Crippen LogP contribution is -2.56. The van der Waals surface area contributed by atoms with Crippen molar-refractivity contribution in [1.82, 2.24) is 10.3 Å². The first-order chi connectivity index (χ1) is 12.1. The summed E-state index contributed by atoms with van der Waals surface area (Å²) in [5, 5.41) is 3.77. The number of esters is 1. The number of hydrogen-bond acceptors (Lipinski definition) is 5. The van der Waals surface area contributed by atoms with E-state index in [0.717, 1.165) is 29.8 Å². The van der Waals surface area contributed by atoms with Crippen LogP contribution in [0.15, 0.2) is 30.3 Å². The van der Waals surface area contributed by atoms with Crippen LogP contribution in [0.2, 0.25) is 0 Å². The Bertz CT molecular complexity index is 764. The summed E-state index contributed by atoms with van der Waals surface area (Å²) in [6.45, 7) is 1.82. The molecule has 1 aliphatic carbocycles. The summed E-state index contributed by atoms with van der Waals surface area (Å²) in [5.41, 5.74) is 0.750. The maximum absolute atomic E-state index is 12.9. The van der Waals surface area contributed by atoms with Gasteiger partial charge in [0.15, 0.2) is 0 Å². The van der Waals surface area contributed by atoms with Gasteiger partial charge in [0.2, 0.25) is 0 Å². The molecule has 25 heavy (non-hydrogen) atoms. The van der Waals surface area contributed by atoms with Crippen LogP contribution in [-0.2, 0) is 9.53 Å². The highest BCUT2D eigenvalue weighted by Crippen LogP contribution is 2.32. The van der Waals surface area contributed by atoms with Crippen molar-refractivity contribution in [1.29, 1.82) is 0 Å². The topological polar surface area (TPSA) is 68.3 Å². The number of methoxy groups -OCH3 is 1. The van der Waals surface area contributed by atoms with E-state index < -0.39 is 5.54 Å². The highest BCUT2D eigenvalue weighted by atomic mass is 32.1. The molecule has 2 aromatic rings. The number of nitrogens with zero attached hydrogens (tertiary/aromatic N) is 1. The standard InChI is InChI=1S/C19H22N2O3S/c1-13-15(25-17(20-13)14-9-5-3-6-10-14)16(22)21-19(18(23)24-2)11-7-4-8-12-19/h3,5-6,9-10H,4,7-8,11-12H2,1-2H3,(H,21,22). The average molecular weight is 358 g/mol. The third-order valence-corrected chi connectivity index (χ3v) is 5.86. The Morgan fingerprint density at radius 2 is 1.84 bits per heavy atom. The van der Waals surface area contributed by atoms with Crippen molar-refractivity contribution in [3.63, 3.8) is 0 Å². The molecule has 0 spiro atoms. The van der Waals surface area contributed by atoms with Gasteiger partial charge < -0.3 is 10.1 Å². The number of carbonyl (C=O) groups is 2. The van der Waals surface area contributed by atoms with Gasteiger partial charge in [-0.05, 0) is 19.8 Å². The zero-order chi connectivity index (χ0) is 17.9. The van der Waals surface area contributed by atoms with Crippen LogP contribution >= 0.6 is 11.3 Å². The first-order valence-corrected chi connectivity index (χ1v) is 9.31. The van der Waals surface area contributed by atoms with E-state index in [1.54, 1.807) is 0 Å². The number of aromatic nitrogens is 1. The van der Waals surface area contributed by atoms with E-state index >= 15 is 0 Å². The van der Waals surface area contributed by atoms with Crippen LogP contribution in [0, 0.1) is 6.92 Å². The minimum absolute atomic E-state index is 0.246. The molecule has 0 saturated heterocycles. The van der Waals surface area contributed by atoms with Gasteiger partial charge in [-0.15, -0.1) is 11.3 Å². The second kappa shape index (κ2) is 7.35. The zero-order valence-corrected chi connectivity index (χ0v) is 15.3. The van der Waals surface area contributed by atoms with Crippen LogP contribution in [0.3, 0.4) is 0 Å². The van der Waals surface area contributed by atoms with Gasteiger partial charge in [-0.25, -0.2) is 9.78 Å². The SMILES string of the molecule is COC(=O)C1(NC(=O)c2sc(-c3ccccc3)nc2C)CCCCC1. The summed E-state index contributed by atoms with van der Waals surface area (Å²) in [6, 6.07) is 9.77. The summed E-state index contributed by atoms with van der Waals surface area (Å²) >= 11 is 1.35. The summed E-state index contributed by atoms with van der Waals surface area (Å²) in [6.07, 6.45) is 4.13. The molecule has 1 aromatic heterocycles. The quantitative estimate of drug-likeness (QED) is 0.846. The molecule has 0 unspecified atom stereocenters. The third-order valence-electron chi connectivity index (χ3n) is 4.66. The van der Waals surface area contributed by atoms with E-state index in [-0.39, 0.29) is 11.9 Å². The summed E-state index contributed by atoms with van der Waals surface area (Å²) in [5.74, 6) is -0.601. The highest BCUT2D eigenvalue weighted by Gasteiger charge is 2.42. The molecule has 3 rings (SSSR count). The Labute approximate surface area is 151 Å². The number of carbonyl (C=O) groups excluding carboxylic acids is 2. The Balaban J connectivity index is 1.85. The number of benzene rings is 1. The molecule has 132 valence electrons. The van der Waals surface area contributed by atoms with Gasteiger partial charge in [-0.3, -0.25) is 4.79 Å². The molecule has 1 heterocycles. The predicted octanol–water partition coefficient (Wildman–Crippen LogP) is 3.72. The molecule has 1 aromatic carbocycles. The molecule has 0 bridgehead atoms. The Morgan fingerprint density at radius 1 is 1.16 bits per heavy atom. The normalized spacial score (nSPS) is 16.2. The molecule has 5 nitrogen and oxygen atoms in total. The highest BCUT2D eigenvalue weighted by molar-refractivity contribution is 7.17. The molecule has 1 N–H and O–H groups in total. The molecule has 0 radical (unpaired) electrons. The average Bonchev–Trinajstić information content (AvgIpc) is 3.04. The van der Waals surface area contributed by atoms with E-state index in [1.807, 2.05) is 37.3 Å². The number of thiazole rings is 1. The largest absolute Gasteiger partial charge is 0.467 e. The summed E-state index contributed by atoms with van der Waals surface area (Å²) in [4.78, 5) is 30.2. The smallest absolute Gasteiger partial charge is 0.331 e. The van der Waals surface area contributed by atoms with Crippen molar-refractivity contribution >= 4 is 23.2 Å². The Hall–Kier alpha value is -2.21. The van der Waals surface area contributed by atoms with Crippen molar-refractivity contribution in [3.8, 4) is 10.6 Å². The van der Waals surface area contributed by atoms with Gasteiger partial charge in [0, 0.05) is 5.56 Å². The fourth-order valence-corrected chi connectivity index (χ4v) is 4.28. The first kappa shape index (κ1) is 17.6. The Kier molecular flexibility index (Phi) is 5.18. The number of ether oxygens (including phenoxy) is 1. The van der Waals surface area contributed by atoms with E-state index in [4.69, 9.17) is 4.74 Å². The molecular formula is C19H22N2O3S. The van der Waals surface area contributed by atoms with Crippen LogP contribution in [0.1, 0.15) is 47.5 Å². The van der Waals surface area contributed by atoms with E-state index in [2.05, 4.69) is 10.3 Å². The van der Waals surface area contributed by atoms with Crippen LogP contribution < -0.4 is 5.32 Å². The fourth-order valence-electron chi connectivity index (χ4n) is 3.32. The monoisotopic (exact) mass is 358 g/mol. The van der Waals surface area contributed by atoms with Crippen LogP contribution in [0.25, 0.3) is 10.6 Å². The number of rotatable bonds is 4. The molecule has 1 amide bonds. The maximum atomic E-state index is 12.9. The van der Waals surface area contributed by atoms with Crippen molar-refractivity contribution in [2.45, 2.75) is 44.6 Å². The van der Waals surface area contributed by atoms with Gasteiger partial charge in [-0.1, -0.05) is 49.6 Å². The second-order valence-corrected chi connectivity index (χ2v) is 7.39. The summed E-state index contributed by atoms with van der Waals surface area (Å²) in [7, 11) is 1.37. The lowest BCUT2D eigenvalue weighted by atomic mass is 9.81. The molecule has 1 fully saturated rings.